The van der Waals surface area contributed by atoms with E-state index in [1.54, 1.807) is 23.5 Å². The molecule has 0 fully saturated rings. The first kappa shape index (κ1) is 16.8. The van der Waals surface area contributed by atoms with Gasteiger partial charge in [-0.1, -0.05) is 36.4 Å². The molecule has 1 atom stereocenters. The highest BCUT2D eigenvalue weighted by Crippen LogP contribution is 2.41. The lowest BCUT2D eigenvalue weighted by molar-refractivity contribution is 0.602. The van der Waals surface area contributed by atoms with Crippen molar-refractivity contribution < 1.29 is 8.42 Å². The van der Waals surface area contributed by atoms with Gasteiger partial charge in [-0.15, -0.1) is 20.6 Å². The second-order valence-electron chi connectivity index (χ2n) is 5.21. The Morgan fingerprint density at radius 3 is 2.09 bits per heavy atom. The Morgan fingerprint density at radius 2 is 1.52 bits per heavy atom. The molecule has 1 aromatic heterocycles. The molecule has 0 saturated heterocycles. The van der Waals surface area contributed by atoms with E-state index in [9.17, 15) is 8.42 Å². The lowest BCUT2D eigenvalue weighted by atomic mass is 10.0. The standard InChI is InChI=1S/C17H14BrO2PS2/c1-23(19,20)14-8-4-11(5-9-14)15-10-16(18)22-17(15)12-2-6-13(21)7-3-12/h2-10H,21H2,1H3. The predicted molar refractivity (Wildman–Crippen MR) is 105 cm³/mol. The quantitative estimate of drug-likeness (QED) is 0.568. The fraction of sp³-hybridized carbons (Fsp3) is 0.0588. The highest BCUT2D eigenvalue weighted by atomic mass is 79.9. The first-order valence-corrected chi connectivity index (χ1v) is 10.9. The van der Waals surface area contributed by atoms with Gasteiger partial charge in [-0.3, -0.25) is 0 Å². The van der Waals surface area contributed by atoms with Crippen LogP contribution in [0.25, 0.3) is 21.6 Å². The average Bonchev–Trinajstić information content (AvgIpc) is 2.89. The largest absolute Gasteiger partial charge is 0.224 e. The van der Waals surface area contributed by atoms with Crippen molar-refractivity contribution in [1.29, 1.82) is 0 Å². The minimum atomic E-state index is -3.17. The maximum atomic E-state index is 11.6. The van der Waals surface area contributed by atoms with Crippen LogP contribution in [-0.4, -0.2) is 14.7 Å². The Morgan fingerprint density at radius 1 is 0.957 bits per heavy atom. The highest BCUT2D eigenvalue weighted by Gasteiger charge is 2.13. The number of sulfone groups is 1. The molecule has 0 amide bonds. The zero-order chi connectivity index (χ0) is 16.6. The summed E-state index contributed by atoms with van der Waals surface area (Å²) in [5.41, 5.74) is 3.25. The van der Waals surface area contributed by atoms with E-state index < -0.39 is 9.84 Å². The number of rotatable bonds is 3. The van der Waals surface area contributed by atoms with E-state index >= 15 is 0 Å². The van der Waals surface area contributed by atoms with E-state index in [4.69, 9.17) is 0 Å². The van der Waals surface area contributed by atoms with Crippen LogP contribution in [-0.2, 0) is 9.84 Å². The van der Waals surface area contributed by atoms with E-state index in [-0.39, 0.29) is 0 Å². The number of halogens is 1. The third-order valence-electron chi connectivity index (χ3n) is 3.47. The van der Waals surface area contributed by atoms with Gasteiger partial charge in [0.15, 0.2) is 9.84 Å². The fourth-order valence-corrected chi connectivity index (χ4v) is 4.76. The summed E-state index contributed by atoms with van der Waals surface area (Å²) >= 11 is 5.23. The van der Waals surface area contributed by atoms with Gasteiger partial charge in [-0.25, -0.2) is 8.42 Å². The van der Waals surface area contributed by atoms with Gasteiger partial charge in [0, 0.05) is 16.7 Å². The molecule has 0 radical (unpaired) electrons. The third kappa shape index (κ3) is 3.74. The van der Waals surface area contributed by atoms with E-state index in [0.717, 1.165) is 30.7 Å². The normalized spacial score (nSPS) is 11.6. The molecule has 118 valence electrons. The Bertz CT molecular complexity index is 943. The number of thiophene rings is 1. The Hall–Kier alpha value is -1.00. The van der Waals surface area contributed by atoms with Gasteiger partial charge >= 0.3 is 0 Å². The van der Waals surface area contributed by atoms with Crippen LogP contribution >= 0.6 is 36.5 Å². The molecule has 3 rings (SSSR count). The molecule has 1 heterocycles. The van der Waals surface area contributed by atoms with Crippen molar-refractivity contribution in [2.45, 2.75) is 4.90 Å². The summed E-state index contributed by atoms with van der Waals surface area (Å²) < 4.78 is 24.2. The SMILES string of the molecule is CS(=O)(=O)c1ccc(-c2cc(Br)sc2-c2ccc(P)cc2)cc1. The molecule has 0 saturated carbocycles. The van der Waals surface area contributed by atoms with Crippen molar-refractivity contribution >= 4 is 51.6 Å². The third-order valence-corrected chi connectivity index (χ3v) is 6.67. The minimum Gasteiger partial charge on any atom is -0.224 e. The zero-order valence-corrected chi connectivity index (χ0v) is 16.7. The summed E-state index contributed by atoms with van der Waals surface area (Å²) in [5.74, 6) is 0. The van der Waals surface area contributed by atoms with Crippen LogP contribution in [0.4, 0.5) is 0 Å². The van der Waals surface area contributed by atoms with Crippen molar-refractivity contribution in [2.24, 2.45) is 0 Å². The van der Waals surface area contributed by atoms with Gasteiger partial charge in [0.25, 0.3) is 0 Å². The molecular weight excluding hydrogens is 411 g/mol. The molecule has 1 unspecified atom stereocenters. The Kier molecular flexibility index (Phi) is 4.75. The fourth-order valence-electron chi connectivity index (χ4n) is 2.31. The Balaban J connectivity index is 2.09. The maximum absolute atomic E-state index is 11.6. The van der Waals surface area contributed by atoms with Gasteiger partial charge in [-0.2, -0.15) is 0 Å². The van der Waals surface area contributed by atoms with E-state index in [2.05, 4.69) is 55.5 Å². The highest BCUT2D eigenvalue weighted by molar-refractivity contribution is 9.11. The lowest BCUT2D eigenvalue weighted by Gasteiger charge is -2.06. The summed E-state index contributed by atoms with van der Waals surface area (Å²) in [7, 11) is -0.490. The van der Waals surface area contributed by atoms with Crippen LogP contribution in [0.3, 0.4) is 0 Å². The number of hydrogen-bond donors (Lipinski definition) is 0. The van der Waals surface area contributed by atoms with Crippen LogP contribution in [0.1, 0.15) is 0 Å². The van der Waals surface area contributed by atoms with Gasteiger partial charge < -0.3 is 0 Å². The van der Waals surface area contributed by atoms with Gasteiger partial charge in [0.05, 0.1) is 8.68 Å². The molecule has 0 aliphatic heterocycles. The number of benzene rings is 2. The van der Waals surface area contributed by atoms with Crippen molar-refractivity contribution in [3.63, 3.8) is 0 Å². The first-order valence-electron chi connectivity index (χ1n) is 6.80. The minimum absolute atomic E-state index is 0.337. The molecule has 0 aliphatic rings. The molecule has 3 aromatic rings. The van der Waals surface area contributed by atoms with Crippen molar-refractivity contribution in [3.8, 4) is 21.6 Å². The van der Waals surface area contributed by atoms with Crippen LogP contribution in [0.15, 0.2) is 63.3 Å². The summed E-state index contributed by atoms with van der Waals surface area (Å²) in [6, 6.07) is 17.4. The molecule has 23 heavy (non-hydrogen) atoms. The summed E-state index contributed by atoms with van der Waals surface area (Å²) in [4.78, 5) is 1.50. The van der Waals surface area contributed by atoms with Gasteiger partial charge in [0.1, 0.15) is 0 Å². The van der Waals surface area contributed by atoms with Crippen LogP contribution in [0.5, 0.6) is 0 Å². The summed E-state index contributed by atoms with van der Waals surface area (Å²) in [6.45, 7) is 0. The second-order valence-corrected chi connectivity index (χ2v) is 10.3. The molecule has 0 N–H and O–H groups in total. The van der Waals surface area contributed by atoms with Gasteiger partial charge in [-0.05, 0) is 50.6 Å². The second kappa shape index (κ2) is 6.48. The average molecular weight is 425 g/mol. The molecule has 2 nitrogen and oxygen atoms in total. The lowest BCUT2D eigenvalue weighted by Crippen LogP contribution is -1.96. The monoisotopic (exact) mass is 424 g/mol. The van der Waals surface area contributed by atoms with Crippen LogP contribution in [0, 0.1) is 0 Å². The van der Waals surface area contributed by atoms with Crippen molar-refractivity contribution in [2.75, 3.05) is 6.26 Å². The first-order chi connectivity index (χ1) is 10.8. The van der Waals surface area contributed by atoms with E-state index in [1.807, 2.05) is 12.1 Å². The van der Waals surface area contributed by atoms with Crippen molar-refractivity contribution in [3.05, 3.63) is 58.4 Å². The zero-order valence-electron chi connectivity index (χ0n) is 12.3. The molecule has 6 heteroatoms. The van der Waals surface area contributed by atoms with Crippen LogP contribution < -0.4 is 5.30 Å². The maximum Gasteiger partial charge on any atom is 0.175 e. The number of hydrogen-bond acceptors (Lipinski definition) is 3. The molecule has 0 bridgehead atoms. The van der Waals surface area contributed by atoms with E-state index in [1.165, 1.54) is 6.26 Å². The van der Waals surface area contributed by atoms with Gasteiger partial charge in [0.2, 0.25) is 0 Å². The van der Waals surface area contributed by atoms with Crippen LogP contribution in [0.2, 0.25) is 0 Å². The smallest absolute Gasteiger partial charge is 0.175 e. The summed E-state index contributed by atoms with van der Waals surface area (Å²) in [6.07, 6.45) is 1.22. The molecule has 0 aliphatic carbocycles. The van der Waals surface area contributed by atoms with Crippen molar-refractivity contribution in [1.82, 2.24) is 0 Å². The predicted octanol–water partition coefficient (Wildman–Crippen LogP) is 4.75. The topological polar surface area (TPSA) is 34.1 Å². The molecule has 0 spiro atoms. The van der Waals surface area contributed by atoms with E-state index in [0.29, 0.717) is 4.90 Å². The molecule has 2 aromatic carbocycles. The Labute approximate surface area is 150 Å². The molecular formula is C17H14BrO2PS2. The summed E-state index contributed by atoms with van der Waals surface area (Å²) in [5, 5.41) is 1.14.